The van der Waals surface area contributed by atoms with Gasteiger partial charge in [0.1, 0.15) is 0 Å². The Kier molecular flexibility index (Phi) is 6.02. The number of alkyl halides is 3. The molecule has 0 aliphatic rings. The summed E-state index contributed by atoms with van der Waals surface area (Å²) in [6.45, 7) is -3.07. The molecule has 1 atom stereocenters. The number of hydrogen-bond acceptors (Lipinski definition) is 3. The molecule has 0 aliphatic heterocycles. The van der Waals surface area contributed by atoms with Crippen molar-refractivity contribution >= 4 is 28.7 Å². The van der Waals surface area contributed by atoms with E-state index >= 15 is 0 Å². The summed E-state index contributed by atoms with van der Waals surface area (Å²) in [4.78, 5) is 12.4. The topological polar surface area (TPSA) is 46.5 Å². The van der Waals surface area contributed by atoms with Gasteiger partial charge in [-0.05, 0) is 0 Å². The van der Waals surface area contributed by atoms with Gasteiger partial charge in [-0.3, -0.25) is 0 Å². The number of benzene rings is 3. The summed E-state index contributed by atoms with van der Waals surface area (Å²) < 4.78 is 46.2. The normalized spacial score (nSPS) is 14.4. The standard InChI is InChI=1S/C23H22F3O3P/c1-18(27)17-30(19-11-5-2-6-12-19,20-13-7-3-8-14-20,21-15-9-4-10-16-21)29-22(28)23(24,25)26/h2-16,18,27H,17H2,1H3. The fraction of sp³-hybridized carbons (Fsp3) is 0.174. The van der Waals surface area contributed by atoms with Gasteiger partial charge in [-0.2, -0.15) is 0 Å². The summed E-state index contributed by atoms with van der Waals surface area (Å²) >= 11 is 0. The van der Waals surface area contributed by atoms with Gasteiger partial charge >= 0.3 is 173 Å². The van der Waals surface area contributed by atoms with E-state index in [-0.39, 0.29) is 6.16 Å². The average molecular weight is 434 g/mol. The summed E-state index contributed by atoms with van der Waals surface area (Å²) in [5.41, 5.74) is 0. The minimum absolute atomic E-state index is 0.189. The first-order chi connectivity index (χ1) is 14.2. The minimum atomic E-state index is -5.19. The van der Waals surface area contributed by atoms with Gasteiger partial charge in [0.2, 0.25) is 0 Å². The Morgan fingerprint density at radius 1 is 0.833 bits per heavy atom. The molecular formula is C23H22F3O3P. The molecule has 0 heterocycles. The zero-order valence-corrected chi connectivity index (χ0v) is 17.2. The summed E-state index contributed by atoms with van der Waals surface area (Å²) in [6.07, 6.45) is -6.43. The van der Waals surface area contributed by atoms with Crippen molar-refractivity contribution in [2.75, 3.05) is 6.16 Å². The van der Waals surface area contributed by atoms with Gasteiger partial charge < -0.3 is 0 Å². The zero-order valence-electron chi connectivity index (χ0n) is 16.3. The van der Waals surface area contributed by atoms with Crippen LogP contribution in [0.3, 0.4) is 0 Å². The van der Waals surface area contributed by atoms with Gasteiger partial charge in [0.05, 0.1) is 0 Å². The van der Waals surface area contributed by atoms with E-state index < -0.39 is 25.1 Å². The third kappa shape index (κ3) is 3.73. The van der Waals surface area contributed by atoms with Gasteiger partial charge in [0.15, 0.2) is 0 Å². The number of hydrogen-bond donors (Lipinski definition) is 1. The van der Waals surface area contributed by atoms with Crippen LogP contribution in [0.2, 0.25) is 0 Å². The Hall–Kier alpha value is -2.69. The first-order valence-electron chi connectivity index (χ1n) is 9.37. The molecule has 30 heavy (non-hydrogen) atoms. The van der Waals surface area contributed by atoms with Crippen molar-refractivity contribution in [1.29, 1.82) is 0 Å². The van der Waals surface area contributed by atoms with E-state index in [4.69, 9.17) is 4.52 Å². The molecule has 3 aromatic rings. The fourth-order valence-electron chi connectivity index (χ4n) is 3.93. The van der Waals surface area contributed by atoms with Crippen LogP contribution in [0.1, 0.15) is 6.92 Å². The molecule has 0 saturated heterocycles. The van der Waals surface area contributed by atoms with E-state index in [0.717, 1.165) is 0 Å². The Morgan fingerprint density at radius 2 is 1.17 bits per heavy atom. The van der Waals surface area contributed by atoms with Crippen LogP contribution in [0.15, 0.2) is 91.0 Å². The maximum atomic E-state index is 13.5. The summed E-state index contributed by atoms with van der Waals surface area (Å²) in [5, 5.41) is 11.8. The molecule has 7 heteroatoms. The van der Waals surface area contributed by atoms with Crippen molar-refractivity contribution < 1.29 is 27.6 Å². The van der Waals surface area contributed by atoms with Crippen molar-refractivity contribution in [2.24, 2.45) is 0 Å². The van der Waals surface area contributed by atoms with E-state index in [0.29, 0.717) is 15.9 Å². The summed E-state index contributed by atoms with van der Waals surface area (Å²) in [5.74, 6) is -2.28. The van der Waals surface area contributed by atoms with E-state index in [1.54, 1.807) is 91.0 Å². The van der Waals surface area contributed by atoms with Crippen molar-refractivity contribution in [1.82, 2.24) is 0 Å². The second kappa shape index (κ2) is 8.21. The van der Waals surface area contributed by atoms with Crippen molar-refractivity contribution in [2.45, 2.75) is 19.2 Å². The molecule has 3 nitrogen and oxygen atoms in total. The average Bonchev–Trinajstić information content (AvgIpc) is 2.74. The Balaban J connectivity index is 2.53. The van der Waals surface area contributed by atoms with Gasteiger partial charge in [-0.15, -0.1) is 0 Å². The van der Waals surface area contributed by atoms with Crippen LogP contribution in [0, 0.1) is 0 Å². The van der Waals surface area contributed by atoms with Crippen LogP contribution in [-0.2, 0) is 9.32 Å². The molecule has 0 bridgehead atoms. The fourth-order valence-corrected chi connectivity index (χ4v) is 9.73. The van der Waals surface area contributed by atoms with E-state index in [1.807, 2.05) is 0 Å². The quantitative estimate of drug-likeness (QED) is 0.599. The van der Waals surface area contributed by atoms with Crippen LogP contribution < -0.4 is 15.9 Å². The molecule has 3 rings (SSSR count). The monoisotopic (exact) mass is 434 g/mol. The van der Waals surface area contributed by atoms with Gasteiger partial charge in [0, 0.05) is 0 Å². The van der Waals surface area contributed by atoms with Crippen LogP contribution >= 0.6 is 6.83 Å². The van der Waals surface area contributed by atoms with Crippen LogP contribution in [-0.4, -0.2) is 29.5 Å². The van der Waals surface area contributed by atoms with Crippen molar-refractivity contribution in [3.05, 3.63) is 91.0 Å². The number of carbonyl (C=O) groups excluding carboxylic acids is 1. The van der Waals surface area contributed by atoms with Crippen molar-refractivity contribution in [3.63, 3.8) is 0 Å². The number of aliphatic hydroxyl groups excluding tert-OH is 1. The second-order valence-electron chi connectivity index (χ2n) is 7.13. The molecular weight excluding hydrogens is 412 g/mol. The first kappa shape index (κ1) is 22.0. The predicted octanol–water partition coefficient (Wildman–Crippen LogP) is 3.92. The zero-order chi connectivity index (χ0) is 21.9. The third-order valence-electron chi connectivity index (χ3n) is 5.04. The second-order valence-corrected chi connectivity index (χ2v) is 11.6. The molecule has 0 saturated carbocycles. The Morgan fingerprint density at radius 3 is 1.43 bits per heavy atom. The summed E-state index contributed by atoms with van der Waals surface area (Å²) in [6, 6.07) is 25.3. The molecule has 3 aromatic carbocycles. The maximum absolute atomic E-state index is 13.5. The van der Waals surface area contributed by atoms with E-state index in [1.165, 1.54) is 6.92 Å². The first-order valence-corrected chi connectivity index (χ1v) is 11.7. The van der Waals surface area contributed by atoms with Crippen LogP contribution in [0.5, 0.6) is 0 Å². The van der Waals surface area contributed by atoms with Gasteiger partial charge in [0.25, 0.3) is 0 Å². The number of halogens is 3. The van der Waals surface area contributed by atoms with Gasteiger partial charge in [-0.1, -0.05) is 0 Å². The number of rotatable bonds is 6. The molecule has 0 aromatic heterocycles. The SMILES string of the molecule is CC(O)CP(OC(=O)C(F)(F)F)(c1ccccc1)(c1ccccc1)c1ccccc1. The summed E-state index contributed by atoms with van der Waals surface area (Å²) in [7, 11) is 0. The molecule has 1 N–H and O–H groups in total. The number of carbonyl (C=O) groups is 1. The van der Waals surface area contributed by atoms with E-state index in [2.05, 4.69) is 0 Å². The molecule has 0 aliphatic carbocycles. The molecule has 158 valence electrons. The van der Waals surface area contributed by atoms with Gasteiger partial charge in [-0.25, -0.2) is 0 Å². The molecule has 0 spiro atoms. The Bertz CT molecular complexity index is 891. The van der Waals surface area contributed by atoms with E-state index in [9.17, 15) is 23.1 Å². The van der Waals surface area contributed by atoms with Crippen molar-refractivity contribution in [3.8, 4) is 0 Å². The molecule has 0 fully saturated rings. The third-order valence-corrected chi connectivity index (χ3v) is 11.0. The molecule has 0 amide bonds. The Labute approximate surface area is 173 Å². The molecule has 0 radical (unpaired) electrons. The van der Waals surface area contributed by atoms with Crippen LogP contribution in [0.25, 0.3) is 0 Å². The van der Waals surface area contributed by atoms with Crippen LogP contribution in [0.4, 0.5) is 13.2 Å². The number of aliphatic hydroxyl groups is 1. The molecule has 1 unspecified atom stereocenters. The predicted molar refractivity (Wildman–Crippen MR) is 114 cm³/mol.